The van der Waals surface area contributed by atoms with Gasteiger partial charge in [0, 0.05) is 35.9 Å². The summed E-state index contributed by atoms with van der Waals surface area (Å²) in [6.07, 6.45) is 5.44. The molecule has 3 heteroatoms. The maximum Gasteiger partial charge on any atom is 0.0415 e. The van der Waals surface area contributed by atoms with Gasteiger partial charge in [0.1, 0.15) is 0 Å². The molecule has 1 aromatic carbocycles. The molecule has 1 N–H and O–H groups in total. The molecule has 110 valence electrons. The number of hydrogen-bond acceptors (Lipinski definition) is 2. The molecule has 0 saturated heterocycles. The summed E-state index contributed by atoms with van der Waals surface area (Å²) in [6.45, 7) is 6.70. The average molecular weight is 293 g/mol. The Morgan fingerprint density at radius 2 is 2.00 bits per heavy atom. The van der Waals surface area contributed by atoms with E-state index in [-0.39, 0.29) is 0 Å². The molecule has 0 aliphatic heterocycles. The molecule has 0 heterocycles. The lowest BCUT2D eigenvalue weighted by molar-refractivity contribution is 0.632. The third-order valence-electron chi connectivity index (χ3n) is 4.28. The topological polar surface area (TPSA) is 15.3 Å². The summed E-state index contributed by atoms with van der Waals surface area (Å²) in [6, 6.07) is 7.64. The van der Waals surface area contributed by atoms with Gasteiger partial charge in [-0.1, -0.05) is 11.6 Å². The first-order valence-corrected chi connectivity index (χ1v) is 8.29. The Balaban J connectivity index is 1.79. The van der Waals surface area contributed by atoms with Gasteiger partial charge in [-0.25, -0.2) is 0 Å². The van der Waals surface area contributed by atoms with Crippen LogP contribution in [0.25, 0.3) is 0 Å². The zero-order chi connectivity index (χ0) is 14.1. The van der Waals surface area contributed by atoms with E-state index in [0.717, 1.165) is 23.5 Å². The van der Waals surface area contributed by atoms with Crippen molar-refractivity contribution in [3.8, 4) is 0 Å². The molecule has 0 amide bonds. The third-order valence-corrected chi connectivity index (χ3v) is 4.52. The van der Waals surface area contributed by atoms with Crippen LogP contribution in [0.3, 0.4) is 0 Å². The van der Waals surface area contributed by atoms with Crippen LogP contribution in [0, 0.1) is 5.92 Å². The minimum Gasteiger partial charge on any atom is -0.369 e. The first-order valence-electron chi connectivity index (χ1n) is 7.92. The molecule has 0 atom stereocenters. The smallest absolute Gasteiger partial charge is 0.0415 e. The van der Waals surface area contributed by atoms with E-state index in [0.29, 0.717) is 6.04 Å². The van der Waals surface area contributed by atoms with Gasteiger partial charge in [-0.05, 0) is 69.2 Å². The maximum absolute atomic E-state index is 6.20. The highest BCUT2D eigenvalue weighted by molar-refractivity contribution is 6.30. The summed E-state index contributed by atoms with van der Waals surface area (Å²) in [5, 5.41) is 4.46. The predicted molar refractivity (Wildman–Crippen MR) is 86.5 cm³/mol. The molecule has 20 heavy (non-hydrogen) atoms. The molecule has 0 radical (unpaired) electrons. The predicted octanol–water partition coefficient (Wildman–Crippen LogP) is 4.22. The van der Waals surface area contributed by atoms with Gasteiger partial charge in [-0.15, -0.1) is 0 Å². The minimum absolute atomic E-state index is 0.538. The second-order valence-electron chi connectivity index (χ2n) is 6.62. The molecule has 0 spiro atoms. The molecule has 2 saturated carbocycles. The Morgan fingerprint density at radius 3 is 2.60 bits per heavy atom. The molecule has 2 nitrogen and oxygen atoms in total. The zero-order valence-electron chi connectivity index (χ0n) is 12.5. The molecule has 2 aliphatic carbocycles. The number of halogens is 1. The summed E-state index contributed by atoms with van der Waals surface area (Å²) in [7, 11) is 0. The van der Waals surface area contributed by atoms with E-state index in [2.05, 4.69) is 36.2 Å². The van der Waals surface area contributed by atoms with Gasteiger partial charge >= 0.3 is 0 Å². The highest BCUT2D eigenvalue weighted by Gasteiger charge is 2.27. The van der Waals surface area contributed by atoms with Gasteiger partial charge in [-0.2, -0.15) is 0 Å². The lowest BCUT2D eigenvalue weighted by atomic mass is 10.1. The first kappa shape index (κ1) is 14.2. The van der Waals surface area contributed by atoms with Gasteiger partial charge in [0.15, 0.2) is 0 Å². The third kappa shape index (κ3) is 3.67. The van der Waals surface area contributed by atoms with Crippen LogP contribution in [0.4, 0.5) is 5.69 Å². The van der Waals surface area contributed by atoms with Crippen LogP contribution in [0.5, 0.6) is 0 Å². The maximum atomic E-state index is 6.20. The van der Waals surface area contributed by atoms with Crippen LogP contribution in [-0.2, 0) is 6.54 Å². The fourth-order valence-corrected chi connectivity index (χ4v) is 2.88. The molecular formula is C17H25ClN2. The second-order valence-corrected chi connectivity index (χ2v) is 7.05. The molecule has 0 unspecified atom stereocenters. The van der Waals surface area contributed by atoms with Gasteiger partial charge in [0.05, 0.1) is 0 Å². The van der Waals surface area contributed by atoms with Crippen molar-refractivity contribution in [3.05, 3.63) is 28.8 Å². The number of hydrogen-bond donors (Lipinski definition) is 1. The van der Waals surface area contributed by atoms with Crippen molar-refractivity contribution in [1.29, 1.82) is 0 Å². The number of anilines is 1. The molecule has 2 fully saturated rings. The summed E-state index contributed by atoms with van der Waals surface area (Å²) < 4.78 is 0. The molecule has 0 bridgehead atoms. The van der Waals surface area contributed by atoms with Crippen molar-refractivity contribution in [2.75, 3.05) is 11.4 Å². The largest absolute Gasteiger partial charge is 0.369 e. The second kappa shape index (κ2) is 5.95. The van der Waals surface area contributed by atoms with Gasteiger partial charge in [0.25, 0.3) is 0 Å². The van der Waals surface area contributed by atoms with E-state index in [1.165, 1.54) is 43.5 Å². The zero-order valence-corrected chi connectivity index (χ0v) is 13.3. The Morgan fingerprint density at radius 1 is 1.25 bits per heavy atom. The van der Waals surface area contributed by atoms with Crippen molar-refractivity contribution in [1.82, 2.24) is 5.32 Å². The number of rotatable bonds is 7. The van der Waals surface area contributed by atoms with E-state index in [4.69, 9.17) is 11.6 Å². The van der Waals surface area contributed by atoms with Crippen molar-refractivity contribution in [3.63, 3.8) is 0 Å². The highest BCUT2D eigenvalue weighted by atomic mass is 35.5. The highest BCUT2D eigenvalue weighted by Crippen LogP contribution is 2.34. The Labute approximate surface area is 127 Å². The fourth-order valence-electron chi connectivity index (χ4n) is 2.68. The summed E-state index contributed by atoms with van der Waals surface area (Å²) in [5.74, 6) is 0.900. The summed E-state index contributed by atoms with van der Waals surface area (Å²) >= 11 is 6.20. The quantitative estimate of drug-likeness (QED) is 0.809. The Hall–Kier alpha value is -0.730. The van der Waals surface area contributed by atoms with Gasteiger partial charge in [0.2, 0.25) is 0 Å². The van der Waals surface area contributed by atoms with E-state index in [1.807, 2.05) is 6.07 Å². The fraction of sp³-hybridized carbons (Fsp3) is 0.647. The lowest BCUT2D eigenvalue weighted by Gasteiger charge is -2.31. The standard InChI is InChI=1S/C17H25ClN2/c1-12(2)20(11-13-3-4-13)17-8-5-15(18)9-14(17)10-19-16-6-7-16/h5,8-9,12-13,16,19H,3-4,6-7,10-11H2,1-2H3. The Bertz CT molecular complexity index is 464. The van der Waals surface area contributed by atoms with Crippen LogP contribution < -0.4 is 10.2 Å². The first-order chi connectivity index (χ1) is 9.63. The van der Waals surface area contributed by atoms with Crippen LogP contribution >= 0.6 is 11.6 Å². The van der Waals surface area contributed by atoms with E-state index in [1.54, 1.807) is 0 Å². The lowest BCUT2D eigenvalue weighted by Crippen LogP contribution is -2.34. The average Bonchev–Trinajstić information content (AvgIpc) is 3.28. The van der Waals surface area contributed by atoms with Crippen molar-refractivity contribution in [2.45, 2.75) is 58.2 Å². The van der Waals surface area contributed by atoms with Crippen LogP contribution in [0.15, 0.2) is 18.2 Å². The molecule has 1 aromatic rings. The summed E-state index contributed by atoms with van der Waals surface area (Å²) in [4.78, 5) is 2.55. The van der Waals surface area contributed by atoms with Crippen molar-refractivity contribution >= 4 is 17.3 Å². The van der Waals surface area contributed by atoms with Gasteiger partial charge < -0.3 is 10.2 Å². The molecular weight excluding hydrogens is 268 g/mol. The molecule has 0 aromatic heterocycles. The van der Waals surface area contributed by atoms with E-state index >= 15 is 0 Å². The van der Waals surface area contributed by atoms with Gasteiger partial charge in [-0.3, -0.25) is 0 Å². The SMILES string of the molecule is CC(C)N(CC1CC1)c1ccc(Cl)cc1CNC1CC1. The molecule has 2 aliphatic rings. The minimum atomic E-state index is 0.538. The van der Waals surface area contributed by atoms with E-state index < -0.39 is 0 Å². The Kier molecular flexibility index (Phi) is 4.23. The normalized spacial score (nSPS) is 18.6. The number of nitrogens with zero attached hydrogens (tertiary/aromatic N) is 1. The summed E-state index contributed by atoms with van der Waals surface area (Å²) in [5.41, 5.74) is 2.71. The van der Waals surface area contributed by atoms with Crippen molar-refractivity contribution in [2.24, 2.45) is 5.92 Å². The van der Waals surface area contributed by atoms with Crippen LogP contribution in [-0.4, -0.2) is 18.6 Å². The monoisotopic (exact) mass is 292 g/mol. The molecule has 3 rings (SSSR count). The number of benzene rings is 1. The van der Waals surface area contributed by atoms with E-state index in [9.17, 15) is 0 Å². The van der Waals surface area contributed by atoms with Crippen LogP contribution in [0.2, 0.25) is 5.02 Å². The number of nitrogens with one attached hydrogen (secondary N) is 1. The van der Waals surface area contributed by atoms with Crippen LogP contribution in [0.1, 0.15) is 45.1 Å². The van der Waals surface area contributed by atoms with Crippen molar-refractivity contribution < 1.29 is 0 Å².